The van der Waals surface area contributed by atoms with E-state index in [-0.39, 0.29) is 12.5 Å². The predicted octanol–water partition coefficient (Wildman–Crippen LogP) is 7.56. The molecule has 0 aliphatic heterocycles. The van der Waals surface area contributed by atoms with Gasteiger partial charge in [0.05, 0.1) is 10.7 Å². The molecule has 6 heteroatoms. The largest absolute Gasteiger partial charge is 0.483 e. The highest BCUT2D eigenvalue weighted by Crippen LogP contribution is 2.33. The van der Waals surface area contributed by atoms with Gasteiger partial charge in [-0.05, 0) is 60.2 Å². The molecule has 0 saturated carbocycles. The molecular formula is C30H30ClNO4. The molecule has 5 nitrogen and oxygen atoms in total. The summed E-state index contributed by atoms with van der Waals surface area (Å²) < 4.78 is 11.5. The number of hydrogen-bond donors (Lipinski definition) is 1. The monoisotopic (exact) mass is 503 g/mol. The highest BCUT2D eigenvalue weighted by atomic mass is 35.5. The first-order valence-electron chi connectivity index (χ1n) is 12.3. The molecule has 0 bridgehead atoms. The van der Waals surface area contributed by atoms with E-state index in [0.717, 1.165) is 59.7 Å². The van der Waals surface area contributed by atoms with E-state index >= 15 is 0 Å². The summed E-state index contributed by atoms with van der Waals surface area (Å²) in [5, 5.41) is 4.11. The standard InChI is InChI=1S/C30H30ClNO4/c1-3-4-5-7-12-22-16-24-23(21-10-8-6-9-11-21)17-30(34)36-28(24)18-27(22)35-19-29(33)32-26-14-13-20(2)15-25(26)31/h6,8-11,13-18H,3-5,7,12,19H2,1-2H3,(H,32,33). The number of fused-ring (bicyclic) bond motifs is 1. The number of unbranched alkanes of at least 4 members (excludes halogenated alkanes) is 3. The summed E-state index contributed by atoms with van der Waals surface area (Å²) in [5.41, 5.74) is 4.27. The van der Waals surface area contributed by atoms with Gasteiger partial charge in [-0.25, -0.2) is 4.79 Å². The number of nitrogens with one attached hydrogen (secondary N) is 1. The molecule has 36 heavy (non-hydrogen) atoms. The Morgan fingerprint density at radius 1 is 1.00 bits per heavy atom. The van der Waals surface area contributed by atoms with E-state index in [1.54, 1.807) is 18.2 Å². The van der Waals surface area contributed by atoms with E-state index in [4.69, 9.17) is 20.8 Å². The Bertz CT molecular complexity index is 1410. The highest BCUT2D eigenvalue weighted by Gasteiger charge is 2.15. The van der Waals surface area contributed by atoms with Crippen LogP contribution in [0.25, 0.3) is 22.1 Å². The molecule has 0 saturated heterocycles. The lowest BCUT2D eigenvalue weighted by molar-refractivity contribution is -0.118. The average molecular weight is 504 g/mol. The minimum atomic E-state index is -0.435. The Morgan fingerprint density at radius 2 is 1.81 bits per heavy atom. The van der Waals surface area contributed by atoms with Crippen molar-refractivity contribution in [3.63, 3.8) is 0 Å². The SMILES string of the molecule is CCCCCCc1cc2c(-c3ccccc3)cc(=O)oc2cc1OCC(=O)Nc1ccc(C)cc1Cl. The van der Waals surface area contributed by atoms with E-state index in [9.17, 15) is 9.59 Å². The van der Waals surface area contributed by atoms with Gasteiger partial charge in [-0.1, -0.05) is 74.2 Å². The van der Waals surface area contributed by atoms with Crippen LogP contribution in [0.2, 0.25) is 5.02 Å². The van der Waals surface area contributed by atoms with Crippen molar-refractivity contribution in [1.29, 1.82) is 0 Å². The molecule has 4 rings (SSSR count). The van der Waals surface area contributed by atoms with Crippen molar-refractivity contribution in [2.24, 2.45) is 0 Å². The van der Waals surface area contributed by atoms with Gasteiger partial charge in [-0.15, -0.1) is 0 Å². The number of aryl methyl sites for hydroxylation is 2. The number of rotatable bonds is 10. The maximum absolute atomic E-state index is 12.6. The molecule has 0 aliphatic rings. The molecule has 0 fully saturated rings. The molecule has 0 unspecified atom stereocenters. The van der Waals surface area contributed by atoms with Gasteiger partial charge in [0, 0.05) is 17.5 Å². The van der Waals surface area contributed by atoms with Crippen LogP contribution >= 0.6 is 11.6 Å². The van der Waals surface area contributed by atoms with Crippen LogP contribution in [0.3, 0.4) is 0 Å². The molecule has 3 aromatic carbocycles. The van der Waals surface area contributed by atoms with Crippen LogP contribution in [0.15, 0.2) is 75.9 Å². The summed E-state index contributed by atoms with van der Waals surface area (Å²) in [6, 6.07) is 20.5. The first kappa shape index (κ1) is 25.5. The summed E-state index contributed by atoms with van der Waals surface area (Å²) in [5.74, 6) is 0.217. The molecule has 0 atom stereocenters. The Labute approximate surface area is 216 Å². The molecule has 1 amide bonds. The summed E-state index contributed by atoms with van der Waals surface area (Å²) in [4.78, 5) is 25.0. The highest BCUT2D eigenvalue weighted by molar-refractivity contribution is 6.33. The number of carbonyl (C=O) groups excluding carboxylic acids is 1. The molecule has 1 heterocycles. The second-order valence-electron chi connectivity index (χ2n) is 8.93. The van der Waals surface area contributed by atoms with Crippen molar-refractivity contribution in [2.45, 2.75) is 46.0 Å². The van der Waals surface area contributed by atoms with E-state index < -0.39 is 5.63 Å². The average Bonchev–Trinajstić information content (AvgIpc) is 2.87. The van der Waals surface area contributed by atoms with Crippen molar-refractivity contribution in [1.82, 2.24) is 0 Å². The zero-order valence-corrected chi connectivity index (χ0v) is 21.4. The third-order valence-electron chi connectivity index (χ3n) is 6.07. The molecule has 0 spiro atoms. The molecule has 1 aromatic heterocycles. The summed E-state index contributed by atoms with van der Waals surface area (Å²) in [7, 11) is 0. The first-order chi connectivity index (χ1) is 17.4. The fourth-order valence-corrected chi connectivity index (χ4v) is 4.50. The normalized spacial score (nSPS) is 11.0. The molecular weight excluding hydrogens is 474 g/mol. The number of carbonyl (C=O) groups is 1. The molecule has 4 aromatic rings. The lowest BCUT2D eigenvalue weighted by Gasteiger charge is -2.15. The van der Waals surface area contributed by atoms with Crippen LogP contribution in [-0.2, 0) is 11.2 Å². The number of hydrogen-bond acceptors (Lipinski definition) is 4. The van der Waals surface area contributed by atoms with E-state index in [1.807, 2.05) is 49.4 Å². The smallest absolute Gasteiger partial charge is 0.336 e. The lowest BCUT2D eigenvalue weighted by Crippen LogP contribution is -2.20. The first-order valence-corrected chi connectivity index (χ1v) is 12.7. The van der Waals surface area contributed by atoms with E-state index in [1.165, 1.54) is 6.07 Å². The molecule has 0 radical (unpaired) electrons. The number of benzene rings is 3. The molecule has 1 N–H and O–H groups in total. The summed E-state index contributed by atoms with van der Waals surface area (Å²) in [6.45, 7) is 3.92. The van der Waals surface area contributed by atoms with E-state index in [2.05, 4.69) is 12.2 Å². The Hall–Kier alpha value is -3.57. The quantitative estimate of drug-likeness (QED) is 0.179. The number of anilines is 1. The van der Waals surface area contributed by atoms with Crippen LogP contribution in [0.1, 0.15) is 43.7 Å². The summed E-state index contributed by atoms with van der Waals surface area (Å²) in [6.07, 6.45) is 5.21. The van der Waals surface area contributed by atoms with Crippen LogP contribution < -0.4 is 15.7 Å². The third kappa shape index (κ3) is 6.35. The van der Waals surface area contributed by atoms with Gasteiger partial charge in [0.25, 0.3) is 5.91 Å². The second-order valence-corrected chi connectivity index (χ2v) is 9.34. The van der Waals surface area contributed by atoms with Crippen LogP contribution in [0.5, 0.6) is 5.75 Å². The van der Waals surface area contributed by atoms with Crippen molar-refractivity contribution < 1.29 is 13.9 Å². The molecule has 0 aliphatic carbocycles. The van der Waals surface area contributed by atoms with Crippen molar-refractivity contribution in [3.05, 3.63) is 93.3 Å². The topological polar surface area (TPSA) is 68.5 Å². The second kappa shape index (κ2) is 11.9. The van der Waals surface area contributed by atoms with Gasteiger partial charge in [0.15, 0.2) is 6.61 Å². The Balaban J connectivity index is 1.63. The summed E-state index contributed by atoms with van der Waals surface area (Å²) >= 11 is 6.25. The minimum Gasteiger partial charge on any atom is -0.483 e. The van der Waals surface area contributed by atoms with Crippen LogP contribution in [-0.4, -0.2) is 12.5 Å². The van der Waals surface area contributed by atoms with Crippen molar-refractivity contribution >= 4 is 34.2 Å². The third-order valence-corrected chi connectivity index (χ3v) is 6.38. The molecule has 186 valence electrons. The number of ether oxygens (including phenoxy) is 1. The fourth-order valence-electron chi connectivity index (χ4n) is 4.21. The maximum atomic E-state index is 12.6. The number of amides is 1. The zero-order valence-electron chi connectivity index (χ0n) is 20.6. The van der Waals surface area contributed by atoms with Crippen LogP contribution in [0.4, 0.5) is 5.69 Å². The van der Waals surface area contributed by atoms with Gasteiger partial charge in [0.2, 0.25) is 0 Å². The zero-order chi connectivity index (χ0) is 25.5. The minimum absolute atomic E-state index is 0.194. The van der Waals surface area contributed by atoms with Crippen molar-refractivity contribution in [3.8, 4) is 16.9 Å². The van der Waals surface area contributed by atoms with Gasteiger partial charge < -0.3 is 14.5 Å². The lowest BCUT2D eigenvalue weighted by atomic mass is 9.98. The van der Waals surface area contributed by atoms with Gasteiger partial charge in [-0.2, -0.15) is 0 Å². The Morgan fingerprint density at radius 3 is 2.56 bits per heavy atom. The van der Waals surface area contributed by atoms with Crippen molar-refractivity contribution in [2.75, 3.05) is 11.9 Å². The van der Waals surface area contributed by atoms with Gasteiger partial charge in [-0.3, -0.25) is 4.79 Å². The van der Waals surface area contributed by atoms with E-state index in [0.29, 0.717) is 22.0 Å². The fraction of sp³-hybridized carbons (Fsp3) is 0.267. The van der Waals surface area contributed by atoms with Gasteiger partial charge in [0.1, 0.15) is 11.3 Å². The predicted molar refractivity (Wildman–Crippen MR) is 146 cm³/mol. The Kier molecular flexibility index (Phi) is 8.44. The number of halogens is 1. The maximum Gasteiger partial charge on any atom is 0.336 e. The van der Waals surface area contributed by atoms with Gasteiger partial charge >= 0.3 is 5.63 Å². The van der Waals surface area contributed by atoms with Crippen LogP contribution in [0, 0.1) is 6.92 Å².